The average Bonchev–Trinajstić information content (AvgIpc) is 3.68. The molecule has 0 radical (unpaired) electrons. The van der Waals surface area contributed by atoms with Crippen molar-refractivity contribution < 1.29 is 4.79 Å². The van der Waals surface area contributed by atoms with E-state index < -0.39 is 0 Å². The Morgan fingerprint density at radius 1 is 0.837 bits per heavy atom. The molecule has 8 heteroatoms. The van der Waals surface area contributed by atoms with Gasteiger partial charge in [-0.3, -0.25) is 20.0 Å². The molecule has 6 fully saturated rings. The topological polar surface area (TPSA) is 66.1 Å². The normalized spacial score (nSPS) is 35.2. The van der Waals surface area contributed by atoms with E-state index in [0.29, 0.717) is 30.6 Å². The van der Waals surface area contributed by atoms with Crippen LogP contribution in [0.25, 0.3) is 0 Å². The van der Waals surface area contributed by atoms with Gasteiger partial charge in [-0.05, 0) is 115 Å². The van der Waals surface area contributed by atoms with E-state index in [1.807, 2.05) is 0 Å². The van der Waals surface area contributed by atoms with Crippen LogP contribution in [0.1, 0.15) is 104 Å². The van der Waals surface area contributed by atoms with Crippen LogP contribution < -0.4 is 16.1 Å². The maximum Gasteiger partial charge on any atom is 0.221 e. The highest BCUT2D eigenvalue weighted by Gasteiger charge is 2.43. The first-order valence-corrected chi connectivity index (χ1v) is 18.8. The Kier molecular flexibility index (Phi) is 11.7. The number of fused-ring (bicyclic) bond motifs is 1. The van der Waals surface area contributed by atoms with Crippen LogP contribution in [0.5, 0.6) is 0 Å². The van der Waals surface area contributed by atoms with E-state index in [2.05, 4.69) is 49.6 Å². The predicted molar refractivity (Wildman–Crippen MR) is 176 cm³/mol. The molecule has 0 aromatic carbocycles. The second-order valence-corrected chi connectivity index (χ2v) is 15.5. The molecule has 43 heavy (non-hydrogen) atoms. The lowest BCUT2D eigenvalue weighted by Gasteiger charge is -2.50. The van der Waals surface area contributed by atoms with E-state index in [9.17, 15) is 4.79 Å². The zero-order valence-electron chi connectivity index (χ0n) is 27.8. The summed E-state index contributed by atoms with van der Waals surface area (Å²) in [4.78, 5) is 21.6. The van der Waals surface area contributed by atoms with Crippen LogP contribution >= 0.6 is 0 Å². The smallest absolute Gasteiger partial charge is 0.221 e. The minimum Gasteiger partial charge on any atom is -0.355 e. The van der Waals surface area contributed by atoms with Crippen LogP contribution in [0, 0.1) is 17.8 Å². The first-order chi connectivity index (χ1) is 21.0. The molecule has 2 aliphatic carbocycles. The van der Waals surface area contributed by atoms with E-state index in [1.54, 1.807) is 0 Å². The molecule has 6 unspecified atom stereocenters. The number of amides is 1. The van der Waals surface area contributed by atoms with Crippen LogP contribution in [0.3, 0.4) is 0 Å². The van der Waals surface area contributed by atoms with Crippen LogP contribution in [-0.2, 0) is 4.79 Å². The fraction of sp³-hybridized carbons (Fsp3) is 0.971. The van der Waals surface area contributed by atoms with Crippen LogP contribution in [0.4, 0.5) is 0 Å². The van der Waals surface area contributed by atoms with Crippen molar-refractivity contribution in [3.05, 3.63) is 0 Å². The Balaban J connectivity index is 1.10. The Hall–Kier alpha value is -0.770. The Bertz CT molecular complexity index is 859. The van der Waals surface area contributed by atoms with Crippen molar-refractivity contribution in [2.45, 2.75) is 134 Å². The number of piperidine rings is 1. The molecule has 4 saturated heterocycles. The van der Waals surface area contributed by atoms with Gasteiger partial charge >= 0.3 is 0 Å². The van der Waals surface area contributed by atoms with Gasteiger partial charge in [-0.15, -0.1) is 0 Å². The summed E-state index contributed by atoms with van der Waals surface area (Å²) in [7, 11) is 0. The molecular formula is C35H65N7O. The second-order valence-electron chi connectivity index (χ2n) is 15.5. The molecule has 8 nitrogen and oxygen atoms in total. The molecule has 6 atom stereocenters. The quantitative estimate of drug-likeness (QED) is 0.354. The molecule has 2 saturated carbocycles. The van der Waals surface area contributed by atoms with Gasteiger partial charge in [-0.25, -0.2) is 5.01 Å². The van der Waals surface area contributed by atoms with Gasteiger partial charge in [0, 0.05) is 69.4 Å². The van der Waals surface area contributed by atoms with Gasteiger partial charge < -0.3 is 15.5 Å². The zero-order valence-corrected chi connectivity index (χ0v) is 27.8. The largest absolute Gasteiger partial charge is 0.355 e. The number of hydrogen-bond donors (Lipinski definition) is 3. The average molecular weight is 600 g/mol. The van der Waals surface area contributed by atoms with E-state index in [1.165, 1.54) is 103 Å². The van der Waals surface area contributed by atoms with Crippen molar-refractivity contribution in [3.63, 3.8) is 0 Å². The number of hydrazine groups is 1. The van der Waals surface area contributed by atoms with Crippen molar-refractivity contribution in [2.75, 3.05) is 65.4 Å². The molecule has 0 spiro atoms. The van der Waals surface area contributed by atoms with Crippen LogP contribution in [-0.4, -0.2) is 121 Å². The maximum atomic E-state index is 13.4. The summed E-state index contributed by atoms with van der Waals surface area (Å²) in [5, 5.41) is 9.91. The fourth-order valence-corrected chi connectivity index (χ4v) is 9.90. The molecular weight excluding hydrogens is 534 g/mol. The monoisotopic (exact) mass is 600 g/mol. The van der Waals surface area contributed by atoms with Crippen molar-refractivity contribution in [3.8, 4) is 0 Å². The van der Waals surface area contributed by atoms with E-state index in [0.717, 1.165) is 63.4 Å². The molecule has 0 bridgehead atoms. The summed E-state index contributed by atoms with van der Waals surface area (Å²) in [5.41, 5.74) is 3.99. The van der Waals surface area contributed by atoms with Crippen LogP contribution in [0.2, 0.25) is 0 Å². The molecule has 246 valence electrons. The summed E-state index contributed by atoms with van der Waals surface area (Å²) in [6.07, 6.45) is 18.0. The number of rotatable bonds is 10. The molecule has 1 amide bonds. The molecule has 0 aromatic heterocycles. The lowest BCUT2D eigenvalue weighted by Crippen LogP contribution is -2.60. The van der Waals surface area contributed by atoms with E-state index >= 15 is 0 Å². The third-order valence-electron chi connectivity index (χ3n) is 12.5. The van der Waals surface area contributed by atoms with Crippen molar-refractivity contribution in [1.82, 2.24) is 35.8 Å². The highest BCUT2D eigenvalue weighted by molar-refractivity contribution is 5.76. The van der Waals surface area contributed by atoms with Gasteiger partial charge in [0.15, 0.2) is 0 Å². The Morgan fingerprint density at radius 3 is 2.49 bits per heavy atom. The van der Waals surface area contributed by atoms with Gasteiger partial charge in [0.25, 0.3) is 0 Å². The number of hydrogen-bond acceptors (Lipinski definition) is 7. The molecule has 6 rings (SSSR count). The lowest BCUT2D eigenvalue weighted by molar-refractivity contribution is -0.122. The highest BCUT2D eigenvalue weighted by Crippen LogP contribution is 2.40. The van der Waals surface area contributed by atoms with Gasteiger partial charge in [0.05, 0.1) is 0 Å². The number of carbonyl (C=O) groups is 1. The molecule has 4 aliphatic heterocycles. The zero-order chi connectivity index (χ0) is 29.6. The van der Waals surface area contributed by atoms with Gasteiger partial charge in [0.1, 0.15) is 0 Å². The molecule has 0 aromatic rings. The van der Waals surface area contributed by atoms with Gasteiger partial charge in [-0.2, -0.15) is 0 Å². The van der Waals surface area contributed by atoms with Crippen LogP contribution in [0.15, 0.2) is 0 Å². The summed E-state index contributed by atoms with van der Waals surface area (Å²) < 4.78 is 0. The third kappa shape index (κ3) is 8.34. The number of nitrogens with zero attached hydrogens (tertiary/aromatic N) is 4. The van der Waals surface area contributed by atoms with E-state index in [-0.39, 0.29) is 11.9 Å². The fourth-order valence-electron chi connectivity index (χ4n) is 9.90. The number of likely N-dealkylation sites (tertiary alicyclic amines) is 1. The number of nitrogens with one attached hydrogen (secondary N) is 3. The van der Waals surface area contributed by atoms with Crippen molar-refractivity contribution in [1.29, 1.82) is 0 Å². The maximum absolute atomic E-state index is 13.4. The SMILES string of the molecule is CC(C)C1CC2CCCNC2C(N2CCCN(C(CC(=O)NCCN3CCCC3)C3CCN(C4CCCCC4)N3)CC2)C1. The highest BCUT2D eigenvalue weighted by atomic mass is 16.1. The lowest BCUT2D eigenvalue weighted by atomic mass is 9.68. The first-order valence-electron chi connectivity index (χ1n) is 18.8. The Labute approximate surface area is 263 Å². The van der Waals surface area contributed by atoms with Gasteiger partial charge in [-0.1, -0.05) is 33.1 Å². The van der Waals surface area contributed by atoms with Gasteiger partial charge in [0.2, 0.25) is 5.91 Å². The molecule has 4 heterocycles. The Morgan fingerprint density at radius 2 is 1.67 bits per heavy atom. The minimum atomic E-state index is 0.254. The molecule has 3 N–H and O–H groups in total. The van der Waals surface area contributed by atoms with Crippen molar-refractivity contribution in [2.24, 2.45) is 17.8 Å². The first kappa shape index (κ1) is 32.2. The third-order valence-corrected chi connectivity index (χ3v) is 12.5. The summed E-state index contributed by atoms with van der Waals surface area (Å²) in [5.74, 6) is 2.74. The summed E-state index contributed by atoms with van der Waals surface area (Å²) in [6, 6.07) is 2.68. The minimum absolute atomic E-state index is 0.254. The molecule has 6 aliphatic rings. The number of carbonyl (C=O) groups excluding carboxylic acids is 1. The summed E-state index contributed by atoms with van der Waals surface area (Å²) in [6.45, 7) is 16.0. The standard InChI is InChI=1S/C35H65N7O/c1-27(2)29-24-28-10-8-14-37-35(28)33(25-29)41-19-9-18-40(22-23-41)32(26-34(43)36-15-21-39-16-6-7-17-39)31-13-20-42(38-31)30-11-4-3-5-12-30/h27-33,35,37-38H,3-26H2,1-2H3,(H,36,43). The predicted octanol–water partition coefficient (Wildman–Crippen LogP) is 3.68. The summed E-state index contributed by atoms with van der Waals surface area (Å²) >= 11 is 0. The van der Waals surface area contributed by atoms with Crippen molar-refractivity contribution >= 4 is 5.91 Å². The van der Waals surface area contributed by atoms with E-state index in [4.69, 9.17) is 0 Å². The second kappa shape index (κ2) is 15.7.